The molecule has 0 fully saturated rings. The third-order valence-electron chi connectivity index (χ3n) is 2.23. The Morgan fingerprint density at radius 1 is 1.26 bits per heavy atom. The molecule has 0 aromatic heterocycles. The topological polar surface area (TPSA) is 91.0 Å². The minimum absolute atomic E-state index is 0.0876. The van der Waals surface area contributed by atoms with Crippen molar-refractivity contribution in [3.05, 3.63) is 29.8 Å². The third kappa shape index (κ3) is 9.79. The molecule has 0 saturated carbocycles. The van der Waals surface area contributed by atoms with Crippen molar-refractivity contribution in [1.82, 2.24) is 5.32 Å². The lowest BCUT2D eigenvalue weighted by Crippen LogP contribution is -2.28. The Balaban J connectivity index is 0. The molecule has 1 aromatic carbocycles. The fraction of sp³-hybridized carbons (Fsp3) is 0.429. The highest BCUT2D eigenvalue weighted by atomic mass is 16.1. The van der Waals surface area contributed by atoms with Gasteiger partial charge >= 0.3 is 0 Å². The summed E-state index contributed by atoms with van der Waals surface area (Å²) in [6, 6.07) is 7.98. The van der Waals surface area contributed by atoms with Gasteiger partial charge in [0.25, 0.3) is 0 Å². The molecule has 0 aliphatic heterocycles. The first-order chi connectivity index (χ1) is 9.21. The molecular formula is C14H26N4O. The molecule has 1 aromatic rings. The second-order valence-electron chi connectivity index (χ2n) is 3.35. The molecule has 0 bridgehead atoms. The number of rotatable bonds is 5. The van der Waals surface area contributed by atoms with Crippen LogP contribution in [-0.2, 0) is 11.2 Å². The number of carbonyl (C=O) groups is 1. The van der Waals surface area contributed by atoms with Crippen molar-refractivity contribution in [3.8, 4) is 0 Å². The van der Waals surface area contributed by atoms with E-state index in [1.54, 1.807) is 7.05 Å². The zero-order valence-corrected chi connectivity index (χ0v) is 12.2. The Morgan fingerprint density at radius 2 is 1.74 bits per heavy atom. The number of nitrogens with two attached hydrogens (primary N) is 1. The van der Waals surface area contributed by atoms with Crippen molar-refractivity contribution in [3.63, 3.8) is 0 Å². The van der Waals surface area contributed by atoms with Gasteiger partial charge in [-0.15, -0.1) is 0 Å². The van der Waals surface area contributed by atoms with Crippen LogP contribution in [0.5, 0.6) is 0 Å². The number of nitrogens with one attached hydrogen (secondary N) is 3. The molecular weight excluding hydrogens is 240 g/mol. The maximum atomic E-state index is 10.6. The minimum Gasteiger partial charge on any atom is -0.390 e. The molecule has 0 radical (unpaired) electrons. The number of benzene rings is 1. The Morgan fingerprint density at radius 3 is 2.05 bits per heavy atom. The van der Waals surface area contributed by atoms with Crippen molar-refractivity contribution >= 4 is 18.3 Å². The fourth-order valence-electron chi connectivity index (χ4n) is 1.28. The summed E-state index contributed by atoms with van der Waals surface area (Å²) >= 11 is 0. The van der Waals surface area contributed by atoms with E-state index in [4.69, 9.17) is 5.41 Å². The Labute approximate surface area is 116 Å². The molecule has 0 amide bonds. The van der Waals surface area contributed by atoms with Crippen LogP contribution in [0.1, 0.15) is 19.4 Å². The number of hydrogen-bond acceptors (Lipinski definition) is 4. The molecule has 0 saturated heterocycles. The molecule has 19 heavy (non-hydrogen) atoms. The van der Waals surface area contributed by atoms with Gasteiger partial charge in [-0.3, -0.25) is 5.41 Å². The molecule has 0 spiro atoms. The molecule has 108 valence electrons. The van der Waals surface area contributed by atoms with Crippen molar-refractivity contribution in [2.75, 3.05) is 19.4 Å². The second kappa shape index (κ2) is 14.2. The van der Waals surface area contributed by atoms with Gasteiger partial charge in [0.15, 0.2) is 0 Å². The predicted molar refractivity (Wildman–Crippen MR) is 82.9 cm³/mol. The zero-order valence-electron chi connectivity index (χ0n) is 12.2. The SMILES string of the molecule is CC.CNc1ccc(CC(C=O)NC)cc1.N=CN. The number of aldehydes is 1. The molecule has 5 heteroatoms. The molecule has 1 atom stereocenters. The van der Waals surface area contributed by atoms with Crippen molar-refractivity contribution in [1.29, 1.82) is 5.41 Å². The van der Waals surface area contributed by atoms with Gasteiger partial charge in [0.1, 0.15) is 6.29 Å². The van der Waals surface area contributed by atoms with Gasteiger partial charge in [0.2, 0.25) is 0 Å². The Bertz CT molecular complexity index is 325. The first-order valence-electron chi connectivity index (χ1n) is 6.31. The molecule has 0 aliphatic carbocycles. The molecule has 1 unspecified atom stereocenters. The molecule has 5 N–H and O–H groups in total. The van der Waals surface area contributed by atoms with E-state index < -0.39 is 0 Å². The summed E-state index contributed by atoms with van der Waals surface area (Å²) in [5, 5.41) is 11.9. The molecule has 5 nitrogen and oxygen atoms in total. The van der Waals surface area contributed by atoms with Gasteiger partial charge in [0, 0.05) is 12.7 Å². The van der Waals surface area contributed by atoms with Crippen molar-refractivity contribution in [2.45, 2.75) is 26.3 Å². The van der Waals surface area contributed by atoms with Gasteiger partial charge < -0.3 is 21.2 Å². The van der Waals surface area contributed by atoms with E-state index in [1.165, 1.54) is 0 Å². The third-order valence-corrected chi connectivity index (χ3v) is 2.23. The number of carbonyl (C=O) groups excluding carboxylic acids is 1. The Kier molecular flexibility index (Phi) is 14.5. The van der Waals surface area contributed by atoms with E-state index >= 15 is 0 Å². The maximum Gasteiger partial charge on any atom is 0.137 e. The van der Waals surface area contributed by atoms with Crippen LogP contribution in [0, 0.1) is 5.41 Å². The van der Waals surface area contributed by atoms with Crippen molar-refractivity contribution < 1.29 is 4.79 Å². The van der Waals surface area contributed by atoms with E-state index in [1.807, 2.05) is 45.2 Å². The molecule has 0 heterocycles. The van der Waals surface area contributed by atoms with E-state index in [0.717, 1.165) is 30.3 Å². The average molecular weight is 266 g/mol. The largest absolute Gasteiger partial charge is 0.390 e. The van der Waals surface area contributed by atoms with Crippen LogP contribution in [0.3, 0.4) is 0 Å². The second-order valence-corrected chi connectivity index (χ2v) is 3.35. The average Bonchev–Trinajstić information content (AvgIpc) is 2.48. The van der Waals surface area contributed by atoms with Gasteiger partial charge in [-0.2, -0.15) is 0 Å². The number of anilines is 1. The normalized spacial score (nSPS) is 9.89. The minimum atomic E-state index is -0.0876. The molecule has 1 rings (SSSR count). The fourth-order valence-corrected chi connectivity index (χ4v) is 1.28. The highest BCUT2D eigenvalue weighted by molar-refractivity contribution is 5.58. The van der Waals surface area contributed by atoms with Crippen LogP contribution in [0.15, 0.2) is 24.3 Å². The lowest BCUT2D eigenvalue weighted by atomic mass is 10.1. The quantitative estimate of drug-likeness (QED) is 0.370. The smallest absolute Gasteiger partial charge is 0.137 e. The van der Waals surface area contributed by atoms with Gasteiger partial charge in [-0.05, 0) is 31.2 Å². The summed E-state index contributed by atoms with van der Waals surface area (Å²) in [5.41, 5.74) is 6.64. The van der Waals surface area contributed by atoms with Crippen LogP contribution in [0.2, 0.25) is 0 Å². The number of hydrogen-bond donors (Lipinski definition) is 4. The van der Waals surface area contributed by atoms with Crippen LogP contribution < -0.4 is 16.4 Å². The summed E-state index contributed by atoms with van der Waals surface area (Å²) in [6.07, 6.45) is 2.43. The lowest BCUT2D eigenvalue weighted by molar-refractivity contribution is -0.109. The Hall–Kier alpha value is -1.88. The van der Waals surface area contributed by atoms with Crippen LogP contribution >= 0.6 is 0 Å². The zero-order chi connectivity index (χ0) is 15.1. The summed E-state index contributed by atoms with van der Waals surface area (Å²) in [6.45, 7) is 4.00. The van der Waals surface area contributed by atoms with E-state index in [0.29, 0.717) is 0 Å². The summed E-state index contributed by atoms with van der Waals surface area (Å²) in [7, 11) is 3.68. The summed E-state index contributed by atoms with van der Waals surface area (Å²) in [4.78, 5) is 10.6. The van der Waals surface area contributed by atoms with Crippen LogP contribution in [-0.4, -0.2) is 32.8 Å². The van der Waals surface area contributed by atoms with E-state index in [-0.39, 0.29) is 6.04 Å². The maximum absolute atomic E-state index is 10.6. The van der Waals surface area contributed by atoms with Gasteiger partial charge in [0.05, 0.1) is 12.4 Å². The van der Waals surface area contributed by atoms with Gasteiger partial charge in [-0.25, -0.2) is 0 Å². The highest BCUT2D eigenvalue weighted by Gasteiger charge is 2.04. The van der Waals surface area contributed by atoms with E-state index in [9.17, 15) is 4.79 Å². The van der Waals surface area contributed by atoms with Crippen molar-refractivity contribution in [2.24, 2.45) is 5.73 Å². The van der Waals surface area contributed by atoms with E-state index in [2.05, 4.69) is 16.4 Å². The van der Waals surface area contributed by atoms with Crippen LogP contribution in [0.4, 0.5) is 5.69 Å². The van der Waals surface area contributed by atoms with Gasteiger partial charge in [-0.1, -0.05) is 26.0 Å². The molecule has 0 aliphatic rings. The predicted octanol–water partition coefficient (Wildman–Crippen LogP) is 1.64. The number of likely N-dealkylation sites (N-methyl/N-ethyl adjacent to an activating group) is 1. The monoisotopic (exact) mass is 266 g/mol. The first-order valence-corrected chi connectivity index (χ1v) is 6.31. The standard InChI is InChI=1S/C11H16N2O.C2H6.CH4N2/c1-12-10-5-3-9(4-6-10)7-11(8-14)13-2;1-2;2-1-3/h3-6,8,11-13H,7H2,1-2H3;1-2H3;1H,(H3,2,3). The van der Waals surface area contributed by atoms with Crippen LogP contribution in [0.25, 0.3) is 0 Å². The lowest BCUT2D eigenvalue weighted by Gasteiger charge is -2.09. The highest BCUT2D eigenvalue weighted by Crippen LogP contribution is 2.09. The summed E-state index contributed by atoms with van der Waals surface area (Å²) in [5.74, 6) is 0. The summed E-state index contributed by atoms with van der Waals surface area (Å²) < 4.78 is 0. The first kappa shape index (κ1) is 19.5.